The van der Waals surface area contributed by atoms with Crippen molar-refractivity contribution in [3.05, 3.63) is 93.2 Å². The van der Waals surface area contributed by atoms with Gasteiger partial charge in [-0.15, -0.1) is 0 Å². The van der Waals surface area contributed by atoms with E-state index in [2.05, 4.69) is 58.5 Å². The second kappa shape index (κ2) is 10.7. The van der Waals surface area contributed by atoms with Crippen LogP contribution in [0.15, 0.2) is 93.2 Å². The van der Waals surface area contributed by atoms with E-state index in [0.29, 0.717) is 29.7 Å². The van der Waals surface area contributed by atoms with Crippen molar-refractivity contribution in [2.75, 3.05) is 6.54 Å². The molecular formula is C40H50N4O2. The molecule has 0 radical (unpaired) electrons. The molecule has 0 aromatic rings. The van der Waals surface area contributed by atoms with Gasteiger partial charge in [0, 0.05) is 77.3 Å². The summed E-state index contributed by atoms with van der Waals surface area (Å²) in [4.78, 5) is 5.33. The first kappa shape index (κ1) is 27.9. The zero-order valence-electron chi connectivity index (χ0n) is 27.5. The van der Waals surface area contributed by atoms with E-state index in [9.17, 15) is 0 Å². The van der Waals surface area contributed by atoms with Gasteiger partial charge in [0.25, 0.3) is 0 Å². The minimum absolute atomic E-state index is 0.00791. The van der Waals surface area contributed by atoms with Crippen molar-refractivity contribution in [2.45, 2.75) is 121 Å². The van der Waals surface area contributed by atoms with Crippen molar-refractivity contribution in [3.63, 3.8) is 0 Å². The molecule has 8 unspecified atom stereocenters. The van der Waals surface area contributed by atoms with Gasteiger partial charge < -0.3 is 30.3 Å². The molecule has 0 amide bonds. The fraction of sp³-hybridized carbons (Fsp3) is 0.600. The molecule has 0 spiro atoms. The SMILES string of the molecule is C/C=C\C1C2=C(CCCC2)N(C2=CC3C4=C(CCC5=C4C4C=C(N6C7=C(CCCN7)C7C=CCCC76)CCC4O5)OC3CC2)C1N. The topological polar surface area (TPSA) is 63.0 Å². The number of nitrogens with two attached hydrogens (primary N) is 1. The Morgan fingerprint density at radius 3 is 2.22 bits per heavy atom. The summed E-state index contributed by atoms with van der Waals surface area (Å²) in [5.74, 6) is 5.47. The normalized spacial score (nSPS) is 39.3. The predicted octanol–water partition coefficient (Wildman–Crippen LogP) is 7.54. The molecule has 5 aliphatic carbocycles. The first-order chi connectivity index (χ1) is 22.7. The molecule has 5 aliphatic heterocycles. The molecule has 0 saturated heterocycles. The molecule has 6 nitrogen and oxygen atoms in total. The van der Waals surface area contributed by atoms with Crippen LogP contribution in [0.5, 0.6) is 0 Å². The Morgan fingerprint density at radius 1 is 0.783 bits per heavy atom. The molecule has 0 aromatic heterocycles. The van der Waals surface area contributed by atoms with Crippen molar-refractivity contribution in [3.8, 4) is 0 Å². The highest BCUT2D eigenvalue weighted by atomic mass is 16.5. The summed E-state index contributed by atoms with van der Waals surface area (Å²) in [5.41, 5.74) is 17.8. The van der Waals surface area contributed by atoms with E-state index in [1.165, 1.54) is 90.5 Å². The van der Waals surface area contributed by atoms with Gasteiger partial charge in [-0.3, -0.25) is 0 Å². The highest BCUT2D eigenvalue weighted by Crippen LogP contribution is 2.56. The Morgan fingerprint density at radius 2 is 1.48 bits per heavy atom. The first-order valence-corrected chi connectivity index (χ1v) is 18.7. The van der Waals surface area contributed by atoms with Gasteiger partial charge >= 0.3 is 0 Å². The fourth-order valence-electron chi connectivity index (χ4n) is 11.2. The van der Waals surface area contributed by atoms with Crippen LogP contribution in [0.3, 0.4) is 0 Å². The Kier molecular flexibility index (Phi) is 6.50. The van der Waals surface area contributed by atoms with Crippen LogP contribution in [0.2, 0.25) is 0 Å². The second-order valence-corrected chi connectivity index (χ2v) is 15.4. The molecule has 6 heteroatoms. The van der Waals surface area contributed by atoms with Crippen LogP contribution < -0.4 is 11.1 Å². The number of nitrogens with one attached hydrogen (secondary N) is 1. The van der Waals surface area contributed by atoms with Gasteiger partial charge in [0.15, 0.2) is 0 Å². The number of allylic oxidation sites excluding steroid dienone is 7. The molecule has 3 N–H and O–H groups in total. The van der Waals surface area contributed by atoms with E-state index in [1.807, 2.05) is 0 Å². The zero-order valence-corrected chi connectivity index (χ0v) is 27.5. The molecule has 242 valence electrons. The average Bonchev–Trinajstić information content (AvgIpc) is 3.82. The van der Waals surface area contributed by atoms with Gasteiger partial charge in [0.1, 0.15) is 29.5 Å². The van der Waals surface area contributed by atoms with E-state index >= 15 is 0 Å². The monoisotopic (exact) mass is 618 g/mol. The summed E-state index contributed by atoms with van der Waals surface area (Å²) in [7, 11) is 0. The Bertz CT molecular complexity index is 1600. The van der Waals surface area contributed by atoms with Crippen molar-refractivity contribution < 1.29 is 9.47 Å². The van der Waals surface area contributed by atoms with Gasteiger partial charge in [-0.1, -0.05) is 36.5 Å². The quantitative estimate of drug-likeness (QED) is 0.319. The molecular weight excluding hydrogens is 568 g/mol. The smallest absolute Gasteiger partial charge is 0.109 e. The number of ether oxygens (including phenoxy) is 2. The summed E-state index contributed by atoms with van der Waals surface area (Å²) in [5, 5.41) is 3.87. The van der Waals surface area contributed by atoms with Gasteiger partial charge in [-0.2, -0.15) is 0 Å². The Balaban J connectivity index is 1.00. The highest BCUT2D eigenvalue weighted by molar-refractivity contribution is 5.53. The van der Waals surface area contributed by atoms with Gasteiger partial charge in [-0.05, 0) is 95.1 Å². The largest absolute Gasteiger partial charge is 0.493 e. The maximum absolute atomic E-state index is 7.10. The minimum Gasteiger partial charge on any atom is -0.493 e. The molecule has 10 aliphatic rings. The standard InChI is InChI=1S/C40H50N4O2/c1-2-8-27-25-9-3-5-12-31(25)43(39(27)41)23-14-16-33-29(21-23)37-35(45-33)18-19-36-38(37)30-22-24(15-17-34(30)46-36)44-32-13-6-4-10-26(32)28-11-7-20-42-40(28)44/h2,4,8,10,21-22,26-27,29-30,32-34,39,42H,3,5-7,9,11-20,41H2,1H3/b8-2-. The van der Waals surface area contributed by atoms with E-state index < -0.39 is 0 Å². The molecule has 0 saturated carbocycles. The Labute approximate surface area is 274 Å². The minimum atomic E-state index is 0.00791. The molecule has 5 heterocycles. The lowest BCUT2D eigenvalue weighted by molar-refractivity contribution is 0.0884. The summed E-state index contributed by atoms with van der Waals surface area (Å²) < 4.78 is 13.7. The fourth-order valence-corrected chi connectivity index (χ4v) is 11.2. The van der Waals surface area contributed by atoms with Crippen LogP contribution >= 0.6 is 0 Å². The molecule has 0 bridgehead atoms. The van der Waals surface area contributed by atoms with Crippen LogP contribution in [0.1, 0.15) is 96.8 Å². The van der Waals surface area contributed by atoms with Crippen LogP contribution in [-0.2, 0) is 9.47 Å². The third-order valence-corrected chi connectivity index (χ3v) is 13.1. The highest BCUT2D eigenvalue weighted by Gasteiger charge is 2.51. The van der Waals surface area contributed by atoms with E-state index in [4.69, 9.17) is 15.2 Å². The summed E-state index contributed by atoms with van der Waals surface area (Å²) >= 11 is 0. The van der Waals surface area contributed by atoms with Crippen LogP contribution in [-0.4, -0.2) is 40.8 Å². The van der Waals surface area contributed by atoms with E-state index in [0.717, 1.165) is 51.5 Å². The first-order valence-electron chi connectivity index (χ1n) is 18.7. The number of fused-ring (bicyclic) bond motifs is 7. The molecule has 8 atom stereocenters. The lowest BCUT2D eigenvalue weighted by atomic mass is 9.74. The number of nitrogens with zero attached hydrogens (tertiary/aromatic N) is 2. The molecule has 0 aromatic carbocycles. The van der Waals surface area contributed by atoms with Crippen molar-refractivity contribution in [2.24, 2.45) is 29.4 Å². The van der Waals surface area contributed by atoms with Crippen molar-refractivity contribution in [1.82, 2.24) is 15.1 Å². The van der Waals surface area contributed by atoms with Gasteiger partial charge in [0.05, 0.1) is 6.17 Å². The van der Waals surface area contributed by atoms with Crippen molar-refractivity contribution >= 4 is 0 Å². The predicted molar refractivity (Wildman–Crippen MR) is 180 cm³/mol. The second-order valence-electron chi connectivity index (χ2n) is 15.4. The number of hydrogen-bond donors (Lipinski definition) is 2. The summed E-state index contributed by atoms with van der Waals surface area (Å²) in [6.07, 6.45) is 31.4. The number of hydrogen-bond acceptors (Lipinski definition) is 6. The van der Waals surface area contributed by atoms with Crippen molar-refractivity contribution in [1.29, 1.82) is 0 Å². The summed E-state index contributed by atoms with van der Waals surface area (Å²) in [6.45, 7) is 3.23. The third-order valence-electron chi connectivity index (χ3n) is 13.1. The van der Waals surface area contributed by atoms with E-state index in [1.54, 1.807) is 11.1 Å². The van der Waals surface area contributed by atoms with E-state index in [-0.39, 0.29) is 18.4 Å². The molecule has 0 fully saturated rings. The average molecular weight is 619 g/mol. The maximum Gasteiger partial charge on any atom is 0.109 e. The van der Waals surface area contributed by atoms with Gasteiger partial charge in [-0.25, -0.2) is 0 Å². The Hall–Kier alpha value is -3.12. The van der Waals surface area contributed by atoms with Crippen LogP contribution in [0.4, 0.5) is 0 Å². The lowest BCUT2D eigenvalue weighted by Crippen LogP contribution is -2.42. The number of rotatable bonds is 3. The van der Waals surface area contributed by atoms with Gasteiger partial charge in [0.2, 0.25) is 0 Å². The molecule has 46 heavy (non-hydrogen) atoms. The maximum atomic E-state index is 7.10. The molecule has 10 rings (SSSR count). The van der Waals surface area contributed by atoms with Crippen LogP contribution in [0, 0.1) is 23.7 Å². The zero-order chi connectivity index (χ0) is 30.5. The lowest BCUT2D eigenvalue weighted by Gasteiger charge is -2.38. The third kappa shape index (κ3) is 3.98. The summed E-state index contributed by atoms with van der Waals surface area (Å²) in [6, 6.07) is 0.568. The van der Waals surface area contributed by atoms with Crippen LogP contribution in [0.25, 0.3) is 0 Å².